The number of rotatable bonds is 8. The van der Waals surface area contributed by atoms with Gasteiger partial charge in [0.05, 0.1) is 4.91 Å². The Balaban J connectivity index is 1.42. The lowest BCUT2D eigenvalue weighted by atomic mass is 10.1. The maximum atomic E-state index is 13.8. The number of halogens is 1. The number of aromatic hydroxyl groups is 1. The average molecular weight is 445 g/mol. The SMILES string of the molecule is O=C(CCCCCN1C(=O)/C(=C/c2ccccc2F)SC1=S)Nc1ccc(O)cc1. The Morgan fingerprint density at radius 3 is 2.60 bits per heavy atom. The minimum absolute atomic E-state index is 0.0980. The number of carbonyl (C=O) groups is 2. The van der Waals surface area contributed by atoms with E-state index in [1.165, 1.54) is 40.9 Å². The van der Waals surface area contributed by atoms with Crippen LogP contribution in [0.1, 0.15) is 31.2 Å². The fourth-order valence-corrected chi connectivity index (χ4v) is 4.23. The molecule has 0 saturated carbocycles. The van der Waals surface area contributed by atoms with Crippen molar-refractivity contribution in [3.63, 3.8) is 0 Å². The molecule has 2 N–H and O–H groups in total. The Kier molecular flexibility index (Phi) is 7.59. The van der Waals surface area contributed by atoms with Crippen LogP contribution < -0.4 is 5.32 Å². The van der Waals surface area contributed by atoms with E-state index in [9.17, 15) is 19.1 Å². The lowest BCUT2D eigenvalue weighted by molar-refractivity contribution is -0.122. The first kappa shape index (κ1) is 22.0. The van der Waals surface area contributed by atoms with Crippen molar-refractivity contribution in [3.8, 4) is 5.75 Å². The Morgan fingerprint density at radius 2 is 1.87 bits per heavy atom. The second-order valence-electron chi connectivity index (χ2n) is 6.76. The first-order valence-electron chi connectivity index (χ1n) is 9.53. The van der Waals surface area contributed by atoms with Gasteiger partial charge in [-0.25, -0.2) is 4.39 Å². The van der Waals surface area contributed by atoms with Crippen molar-refractivity contribution in [2.75, 3.05) is 11.9 Å². The van der Waals surface area contributed by atoms with Crippen LogP contribution in [-0.2, 0) is 9.59 Å². The van der Waals surface area contributed by atoms with Gasteiger partial charge in [-0.15, -0.1) is 0 Å². The zero-order valence-electron chi connectivity index (χ0n) is 16.1. The molecule has 1 aliphatic heterocycles. The zero-order valence-corrected chi connectivity index (χ0v) is 17.8. The summed E-state index contributed by atoms with van der Waals surface area (Å²) in [5.41, 5.74) is 0.995. The van der Waals surface area contributed by atoms with E-state index in [2.05, 4.69) is 5.32 Å². The van der Waals surface area contributed by atoms with E-state index in [1.807, 2.05) is 0 Å². The van der Waals surface area contributed by atoms with Crippen molar-refractivity contribution in [3.05, 3.63) is 64.8 Å². The van der Waals surface area contributed by atoms with E-state index >= 15 is 0 Å². The maximum Gasteiger partial charge on any atom is 0.266 e. The van der Waals surface area contributed by atoms with E-state index < -0.39 is 0 Å². The molecule has 0 unspecified atom stereocenters. The molecule has 0 aromatic heterocycles. The molecule has 30 heavy (non-hydrogen) atoms. The summed E-state index contributed by atoms with van der Waals surface area (Å²) in [6.07, 6.45) is 4.07. The molecule has 2 aromatic carbocycles. The Labute approximate surface area is 184 Å². The highest BCUT2D eigenvalue weighted by atomic mass is 32.2. The van der Waals surface area contributed by atoms with Crippen LogP contribution in [0.2, 0.25) is 0 Å². The van der Waals surface area contributed by atoms with Gasteiger partial charge in [-0.1, -0.05) is 48.6 Å². The summed E-state index contributed by atoms with van der Waals surface area (Å²) < 4.78 is 14.3. The van der Waals surface area contributed by atoms with E-state index in [4.69, 9.17) is 12.2 Å². The minimum Gasteiger partial charge on any atom is -0.508 e. The number of thiocarbonyl (C=S) groups is 1. The quantitative estimate of drug-likeness (QED) is 0.261. The molecule has 0 atom stereocenters. The highest BCUT2D eigenvalue weighted by molar-refractivity contribution is 8.26. The van der Waals surface area contributed by atoms with Crippen LogP contribution in [0.5, 0.6) is 5.75 Å². The van der Waals surface area contributed by atoms with Crippen LogP contribution in [0.15, 0.2) is 53.4 Å². The second kappa shape index (κ2) is 10.4. The van der Waals surface area contributed by atoms with Crippen molar-refractivity contribution in [1.82, 2.24) is 4.90 Å². The van der Waals surface area contributed by atoms with Gasteiger partial charge in [0.25, 0.3) is 5.91 Å². The Hall–Kier alpha value is -2.71. The molecular formula is C22H21FN2O3S2. The molecule has 1 aliphatic rings. The molecule has 2 aromatic rings. The van der Waals surface area contributed by atoms with Crippen molar-refractivity contribution >= 4 is 51.9 Å². The van der Waals surface area contributed by atoms with Gasteiger partial charge in [-0.3, -0.25) is 14.5 Å². The molecule has 1 fully saturated rings. The molecule has 3 rings (SSSR count). The third-order valence-electron chi connectivity index (χ3n) is 4.50. The first-order valence-corrected chi connectivity index (χ1v) is 10.8. The summed E-state index contributed by atoms with van der Waals surface area (Å²) in [6, 6.07) is 12.6. The van der Waals surface area contributed by atoms with Gasteiger partial charge in [0.1, 0.15) is 15.9 Å². The number of unbranched alkanes of at least 4 members (excludes halogenated alkanes) is 2. The lowest BCUT2D eigenvalue weighted by Gasteiger charge is -2.14. The standard InChI is InChI=1S/C22H21FN2O3S2/c23-18-7-4-3-6-15(18)14-19-21(28)25(22(29)30-19)13-5-1-2-8-20(27)24-16-9-11-17(26)12-10-16/h3-4,6-7,9-12,14,26H,1-2,5,8,13H2,(H,24,27)/b19-14-. The first-order chi connectivity index (χ1) is 14.4. The van der Waals surface area contributed by atoms with Gasteiger partial charge in [0.15, 0.2) is 0 Å². The molecule has 1 saturated heterocycles. The van der Waals surface area contributed by atoms with Gasteiger partial charge in [-0.2, -0.15) is 0 Å². The average Bonchev–Trinajstić information content (AvgIpc) is 2.98. The van der Waals surface area contributed by atoms with Crippen LogP contribution in [0.3, 0.4) is 0 Å². The van der Waals surface area contributed by atoms with Crippen LogP contribution in [0, 0.1) is 5.82 Å². The predicted molar refractivity (Wildman–Crippen MR) is 121 cm³/mol. The van der Waals surface area contributed by atoms with Gasteiger partial charge in [-0.05, 0) is 49.2 Å². The number of benzene rings is 2. The number of nitrogens with one attached hydrogen (secondary N) is 1. The molecule has 8 heteroatoms. The highest BCUT2D eigenvalue weighted by Gasteiger charge is 2.31. The van der Waals surface area contributed by atoms with E-state index in [0.29, 0.717) is 46.3 Å². The summed E-state index contributed by atoms with van der Waals surface area (Å²) in [5, 5.41) is 12.0. The normalized spacial score (nSPS) is 15.1. The number of hydrogen-bond donors (Lipinski definition) is 2. The molecule has 156 valence electrons. The van der Waals surface area contributed by atoms with Crippen LogP contribution in [0.4, 0.5) is 10.1 Å². The number of amides is 2. The van der Waals surface area contributed by atoms with Crippen molar-refractivity contribution in [2.24, 2.45) is 0 Å². The Bertz CT molecular complexity index is 977. The topological polar surface area (TPSA) is 69.6 Å². The Morgan fingerprint density at radius 1 is 1.13 bits per heavy atom. The third-order valence-corrected chi connectivity index (χ3v) is 5.88. The fraction of sp³-hybridized carbons (Fsp3) is 0.227. The zero-order chi connectivity index (χ0) is 21.5. The van der Waals surface area contributed by atoms with Gasteiger partial charge in [0.2, 0.25) is 5.91 Å². The van der Waals surface area contributed by atoms with Crippen LogP contribution in [-0.4, -0.2) is 32.7 Å². The lowest BCUT2D eigenvalue weighted by Crippen LogP contribution is -2.29. The minimum atomic E-state index is -0.381. The number of nitrogens with zero attached hydrogens (tertiary/aromatic N) is 1. The smallest absolute Gasteiger partial charge is 0.266 e. The number of carbonyl (C=O) groups excluding carboxylic acids is 2. The van der Waals surface area contributed by atoms with E-state index in [0.717, 1.165) is 6.42 Å². The number of anilines is 1. The van der Waals surface area contributed by atoms with Crippen molar-refractivity contribution in [1.29, 1.82) is 0 Å². The summed E-state index contributed by atoms with van der Waals surface area (Å²) >= 11 is 6.47. The second-order valence-corrected chi connectivity index (χ2v) is 8.44. The molecule has 0 radical (unpaired) electrons. The molecule has 0 aliphatic carbocycles. The van der Waals surface area contributed by atoms with E-state index in [-0.39, 0.29) is 23.4 Å². The predicted octanol–water partition coefficient (Wildman–Crippen LogP) is 4.93. The van der Waals surface area contributed by atoms with Crippen LogP contribution >= 0.6 is 24.0 Å². The van der Waals surface area contributed by atoms with Crippen molar-refractivity contribution in [2.45, 2.75) is 25.7 Å². The number of phenolic OH excluding ortho intramolecular Hbond substituents is 1. The molecule has 0 bridgehead atoms. The fourth-order valence-electron chi connectivity index (χ4n) is 2.93. The number of hydrogen-bond acceptors (Lipinski definition) is 5. The van der Waals surface area contributed by atoms with Gasteiger partial charge >= 0.3 is 0 Å². The summed E-state index contributed by atoms with van der Waals surface area (Å²) in [7, 11) is 0. The highest BCUT2D eigenvalue weighted by Crippen LogP contribution is 2.33. The van der Waals surface area contributed by atoms with Crippen LogP contribution in [0.25, 0.3) is 6.08 Å². The van der Waals surface area contributed by atoms with E-state index in [1.54, 1.807) is 30.3 Å². The third kappa shape index (κ3) is 5.90. The molecule has 1 heterocycles. The largest absolute Gasteiger partial charge is 0.508 e. The summed E-state index contributed by atoms with van der Waals surface area (Å²) in [4.78, 5) is 26.5. The molecular weight excluding hydrogens is 423 g/mol. The van der Waals surface area contributed by atoms with Gasteiger partial charge < -0.3 is 10.4 Å². The summed E-state index contributed by atoms with van der Waals surface area (Å²) in [6.45, 7) is 0.471. The molecule has 0 spiro atoms. The number of thioether (sulfide) groups is 1. The molecule has 5 nitrogen and oxygen atoms in total. The number of phenols is 1. The van der Waals surface area contributed by atoms with Crippen molar-refractivity contribution < 1.29 is 19.1 Å². The van der Waals surface area contributed by atoms with Gasteiger partial charge in [0, 0.05) is 24.2 Å². The monoisotopic (exact) mass is 444 g/mol. The maximum absolute atomic E-state index is 13.8. The molecule has 2 amide bonds. The summed E-state index contributed by atoms with van der Waals surface area (Å²) in [5.74, 6) is -0.543.